The van der Waals surface area contributed by atoms with Gasteiger partial charge in [0.1, 0.15) is 6.10 Å². The Morgan fingerprint density at radius 1 is 0.618 bits per heavy atom. The van der Waals surface area contributed by atoms with Crippen LogP contribution in [0.4, 0.5) is 0 Å². The van der Waals surface area contributed by atoms with Gasteiger partial charge in [-0.25, -0.2) is 0 Å². The van der Waals surface area contributed by atoms with Crippen LogP contribution in [0.5, 0.6) is 0 Å². The molecule has 0 amide bonds. The highest BCUT2D eigenvalue weighted by atomic mass is 16.6. The molecule has 2 fully saturated rings. The largest absolute Gasteiger partial charge is 0.373 e. The van der Waals surface area contributed by atoms with Gasteiger partial charge in [0.15, 0.2) is 0 Å². The average molecular weight is 463 g/mol. The molecule has 1 saturated heterocycles. The standard InChI is InChI=1S/C32H46O2/c1-3-5-7-9-25-11-13-26(14-12-25)27-15-17-28(18-16-27)29-19-21-30(22-20-29)32-24-33-31(23-34-32)10-8-6-4-2/h15-22,25-26,31-32H,3-14,23-24H2,1-2H3/t25-,26-,31-,32-/m1/s1. The Kier molecular flexibility index (Phi) is 10.1. The van der Waals surface area contributed by atoms with Crippen LogP contribution in [0.3, 0.4) is 0 Å². The molecular formula is C32H46O2. The maximum absolute atomic E-state index is 6.15. The van der Waals surface area contributed by atoms with Crippen molar-refractivity contribution in [1.29, 1.82) is 0 Å². The lowest BCUT2D eigenvalue weighted by Gasteiger charge is -2.30. The first kappa shape index (κ1) is 25.5. The van der Waals surface area contributed by atoms with Crippen LogP contribution < -0.4 is 0 Å². The highest BCUT2D eigenvalue weighted by Crippen LogP contribution is 2.38. The van der Waals surface area contributed by atoms with Gasteiger partial charge in [-0.2, -0.15) is 0 Å². The normalized spacial score (nSPS) is 25.4. The Balaban J connectivity index is 1.25. The van der Waals surface area contributed by atoms with Crippen molar-refractivity contribution < 1.29 is 9.47 Å². The quantitative estimate of drug-likeness (QED) is 0.310. The number of rotatable bonds is 11. The van der Waals surface area contributed by atoms with Gasteiger partial charge < -0.3 is 9.47 Å². The molecule has 2 aliphatic rings. The van der Waals surface area contributed by atoms with E-state index in [1.165, 1.54) is 92.9 Å². The first-order valence-electron chi connectivity index (χ1n) is 14.2. The molecule has 2 atom stereocenters. The lowest BCUT2D eigenvalue weighted by molar-refractivity contribution is -0.137. The van der Waals surface area contributed by atoms with E-state index in [-0.39, 0.29) is 12.2 Å². The third-order valence-corrected chi connectivity index (χ3v) is 8.16. The van der Waals surface area contributed by atoms with Gasteiger partial charge in [-0.05, 0) is 66.2 Å². The van der Waals surface area contributed by atoms with Crippen molar-refractivity contribution in [3.63, 3.8) is 0 Å². The van der Waals surface area contributed by atoms with Gasteiger partial charge in [-0.15, -0.1) is 0 Å². The van der Waals surface area contributed by atoms with E-state index in [1.54, 1.807) is 0 Å². The van der Waals surface area contributed by atoms with Crippen molar-refractivity contribution in [2.45, 2.75) is 109 Å². The third-order valence-electron chi connectivity index (χ3n) is 8.16. The molecule has 0 N–H and O–H groups in total. The molecule has 2 aromatic rings. The smallest absolute Gasteiger partial charge is 0.106 e. The number of hydrogen-bond acceptors (Lipinski definition) is 2. The Labute approximate surface area is 208 Å². The zero-order valence-electron chi connectivity index (χ0n) is 21.6. The van der Waals surface area contributed by atoms with Crippen molar-refractivity contribution in [2.24, 2.45) is 5.92 Å². The lowest BCUT2D eigenvalue weighted by Crippen LogP contribution is -2.31. The van der Waals surface area contributed by atoms with Crippen LogP contribution in [0, 0.1) is 5.92 Å². The highest BCUT2D eigenvalue weighted by Gasteiger charge is 2.24. The van der Waals surface area contributed by atoms with Gasteiger partial charge in [-0.3, -0.25) is 0 Å². The maximum atomic E-state index is 6.15. The van der Waals surface area contributed by atoms with Crippen LogP contribution in [0.15, 0.2) is 48.5 Å². The summed E-state index contributed by atoms with van der Waals surface area (Å²) in [7, 11) is 0. The van der Waals surface area contributed by atoms with Crippen molar-refractivity contribution >= 4 is 0 Å². The van der Waals surface area contributed by atoms with E-state index in [9.17, 15) is 0 Å². The molecule has 1 aliphatic heterocycles. The van der Waals surface area contributed by atoms with Gasteiger partial charge in [0, 0.05) is 0 Å². The van der Waals surface area contributed by atoms with E-state index >= 15 is 0 Å². The number of hydrogen-bond donors (Lipinski definition) is 0. The summed E-state index contributed by atoms with van der Waals surface area (Å²) in [5, 5.41) is 0. The Morgan fingerprint density at radius 3 is 1.76 bits per heavy atom. The molecule has 2 nitrogen and oxygen atoms in total. The first-order valence-corrected chi connectivity index (χ1v) is 14.2. The van der Waals surface area contributed by atoms with E-state index in [4.69, 9.17) is 9.47 Å². The molecule has 1 heterocycles. The molecule has 2 aromatic carbocycles. The predicted octanol–water partition coefficient (Wildman–Crippen LogP) is 9.24. The number of unbranched alkanes of at least 4 members (excludes halogenated alkanes) is 4. The molecule has 1 aliphatic carbocycles. The SMILES string of the molecule is CCCCC[C@@H]1CO[C@@H](c2ccc(-c3ccc([C@H]4CC[C@H](CCCCC)CC4)cc3)cc2)CO1. The topological polar surface area (TPSA) is 18.5 Å². The fourth-order valence-corrected chi connectivity index (χ4v) is 5.83. The fraction of sp³-hybridized carbons (Fsp3) is 0.625. The summed E-state index contributed by atoms with van der Waals surface area (Å²) in [4.78, 5) is 0. The van der Waals surface area contributed by atoms with Crippen LogP contribution in [0.2, 0.25) is 0 Å². The summed E-state index contributed by atoms with van der Waals surface area (Å²) >= 11 is 0. The average Bonchev–Trinajstić information content (AvgIpc) is 2.90. The number of benzene rings is 2. The molecular weight excluding hydrogens is 416 g/mol. The first-order chi connectivity index (χ1) is 16.8. The summed E-state index contributed by atoms with van der Waals surface area (Å²) in [5.74, 6) is 1.74. The minimum atomic E-state index is 0.0657. The maximum Gasteiger partial charge on any atom is 0.106 e. The Morgan fingerprint density at radius 2 is 1.21 bits per heavy atom. The molecule has 0 aromatic heterocycles. The molecule has 0 bridgehead atoms. The van der Waals surface area contributed by atoms with Crippen molar-refractivity contribution in [3.05, 3.63) is 59.7 Å². The van der Waals surface area contributed by atoms with Crippen molar-refractivity contribution in [3.8, 4) is 11.1 Å². The van der Waals surface area contributed by atoms with E-state index in [2.05, 4.69) is 62.4 Å². The number of ether oxygens (including phenoxy) is 2. The molecule has 0 radical (unpaired) electrons. The second kappa shape index (κ2) is 13.4. The summed E-state index contributed by atoms with van der Waals surface area (Å²) < 4.78 is 12.2. The minimum absolute atomic E-state index is 0.0657. The minimum Gasteiger partial charge on any atom is -0.373 e. The lowest BCUT2D eigenvalue weighted by atomic mass is 9.77. The summed E-state index contributed by atoms with van der Waals surface area (Å²) in [6, 6.07) is 18.3. The second-order valence-corrected chi connectivity index (χ2v) is 10.7. The summed E-state index contributed by atoms with van der Waals surface area (Å²) in [6.45, 7) is 5.94. The molecule has 0 unspecified atom stereocenters. The predicted molar refractivity (Wildman–Crippen MR) is 143 cm³/mol. The van der Waals surface area contributed by atoms with Gasteiger partial charge in [0.05, 0.1) is 19.3 Å². The van der Waals surface area contributed by atoms with Gasteiger partial charge in [0.25, 0.3) is 0 Å². The van der Waals surface area contributed by atoms with Crippen LogP contribution in [-0.4, -0.2) is 19.3 Å². The van der Waals surface area contributed by atoms with Gasteiger partial charge in [-0.1, -0.05) is 107 Å². The van der Waals surface area contributed by atoms with E-state index in [1.807, 2.05) is 0 Å². The molecule has 34 heavy (non-hydrogen) atoms. The zero-order chi connectivity index (χ0) is 23.6. The second-order valence-electron chi connectivity index (χ2n) is 10.7. The molecule has 2 heteroatoms. The van der Waals surface area contributed by atoms with Gasteiger partial charge in [0.2, 0.25) is 0 Å². The van der Waals surface area contributed by atoms with E-state index in [0.717, 1.165) is 24.9 Å². The van der Waals surface area contributed by atoms with Crippen LogP contribution in [0.25, 0.3) is 11.1 Å². The monoisotopic (exact) mass is 462 g/mol. The highest BCUT2D eigenvalue weighted by molar-refractivity contribution is 5.64. The molecule has 1 saturated carbocycles. The Bertz CT molecular complexity index is 738. The van der Waals surface area contributed by atoms with Crippen molar-refractivity contribution in [2.75, 3.05) is 13.2 Å². The van der Waals surface area contributed by atoms with Crippen LogP contribution in [-0.2, 0) is 9.47 Å². The van der Waals surface area contributed by atoms with Crippen LogP contribution in [0.1, 0.15) is 114 Å². The van der Waals surface area contributed by atoms with Crippen molar-refractivity contribution in [1.82, 2.24) is 0 Å². The van der Waals surface area contributed by atoms with E-state index < -0.39 is 0 Å². The molecule has 0 spiro atoms. The van der Waals surface area contributed by atoms with E-state index in [0.29, 0.717) is 6.61 Å². The molecule has 186 valence electrons. The zero-order valence-corrected chi connectivity index (χ0v) is 21.6. The fourth-order valence-electron chi connectivity index (χ4n) is 5.83. The van der Waals surface area contributed by atoms with Gasteiger partial charge >= 0.3 is 0 Å². The summed E-state index contributed by atoms with van der Waals surface area (Å²) in [5.41, 5.74) is 5.35. The third kappa shape index (κ3) is 7.18. The Hall–Kier alpha value is -1.64. The summed E-state index contributed by atoms with van der Waals surface area (Å²) in [6.07, 6.45) is 16.4. The molecule has 4 rings (SSSR count). The van der Waals surface area contributed by atoms with Crippen LogP contribution >= 0.6 is 0 Å².